The van der Waals surface area contributed by atoms with Gasteiger partial charge in [-0.05, 0) is 30.5 Å². The minimum absolute atomic E-state index is 0.0926. The van der Waals surface area contributed by atoms with Gasteiger partial charge in [-0.15, -0.1) is 0 Å². The van der Waals surface area contributed by atoms with E-state index in [9.17, 15) is 22.8 Å². The lowest BCUT2D eigenvalue weighted by atomic mass is 10.2. The molecule has 3 aliphatic rings. The minimum Gasteiger partial charge on any atom is -0.379 e. The van der Waals surface area contributed by atoms with Gasteiger partial charge < -0.3 is 4.74 Å². The van der Waals surface area contributed by atoms with E-state index in [0.29, 0.717) is 31.6 Å². The zero-order chi connectivity index (χ0) is 20.6. The van der Waals surface area contributed by atoms with Crippen LogP contribution in [0.1, 0.15) is 31.2 Å². The van der Waals surface area contributed by atoms with Gasteiger partial charge in [0.25, 0.3) is 0 Å². The second kappa shape index (κ2) is 7.85. The molecule has 0 aromatic heterocycles. The van der Waals surface area contributed by atoms with E-state index in [1.54, 1.807) is 12.1 Å². The highest BCUT2D eigenvalue weighted by Crippen LogP contribution is 2.29. The summed E-state index contributed by atoms with van der Waals surface area (Å²) in [5, 5.41) is 0. The first-order valence-electron chi connectivity index (χ1n) is 9.75. The minimum atomic E-state index is -3.69. The molecule has 2 heterocycles. The number of carbonyl (C=O) groups is 3. The van der Waals surface area contributed by atoms with Crippen molar-refractivity contribution < 1.29 is 27.5 Å². The van der Waals surface area contributed by atoms with Gasteiger partial charge in [-0.3, -0.25) is 19.4 Å². The molecule has 2 saturated heterocycles. The van der Waals surface area contributed by atoms with Gasteiger partial charge in [-0.1, -0.05) is 25.0 Å². The largest absolute Gasteiger partial charge is 0.379 e. The average Bonchev–Trinajstić information content (AvgIpc) is 3.32. The molecule has 9 nitrogen and oxygen atoms in total. The molecule has 1 aromatic rings. The number of rotatable bonds is 5. The highest BCUT2D eigenvalue weighted by atomic mass is 32.2. The molecule has 0 atom stereocenters. The molecule has 29 heavy (non-hydrogen) atoms. The molecule has 0 N–H and O–H groups in total. The standard InChI is InChI=1S/C19H23N3O6S/c23-17-18(24)22(15-5-1-2-6-15)19(25)21(17)13-14-4-3-7-16(12-14)29(26,27)20-8-10-28-11-9-20/h3-4,7,12,15H,1-2,5-6,8-11,13H2. The number of nitrogens with zero attached hydrogens (tertiary/aromatic N) is 3. The molecule has 0 unspecified atom stereocenters. The van der Waals surface area contributed by atoms with Gasteiger partial charge in [0, 0.05) is 19.1 Å². The van der Waals surface area contributed by atoms with Crippen LogP contribution in [0.5, 0.6) is 0 Å². The molecule has 2 aliphatic heterocycles. The monoisotopic (exact) mass is 421 g/mol. The second-order valence-corrected chi connectivity index (χ2v) is 9.39. The number of benzene rings is 1. The Morgan fingerprint density at radius 3 is 2.38 bits per heavy atom. The summed E-state index contributed by atoms with van der Waals surface area (Å²) in [5.41, 5.74) is 0.474. The van der Waals surface area contributed by atoms with E-state index >= 15 is 0 Å². The molecule has 3 fully saturated rings. The van der Waals surface area contributed by atoms with Crippen LogP contribution in [-0.4, -0.2) is 72.7 Å². The Bertz CT molecular complexity index is 935. The maximum atomic E-state index is 12.8. The number of sulfonamides is 1. The summed E-state index contributed by atoms with van der Waals surface area (Å²) in [7, 11) is -3.69. The van der Waals surface area contributed by atoms with Gasteiger partial charge in [0.2, 0.25) is 10.0 Å². The smallest absolute Gasteiger partial charge is 0.334 e. The third-order valence-electron chi connectivity index (χ3n) is 5.62. The van der Waals surface area contributed by atoms with Gasteiger partial charge >= 0.3 is 17.8 Å². The summed E-state index contributed by atoms with van der Waals surface area (Å²) in [6.07, 6.45) is 3.28. The molecule has 156 valence electrons. The van der Waals surface area contributed by atoms with Crippen molar-refractivity contribution in [1.82, 2.24) is 14.1 Å². The summed E-state index contributed by atoms with van der Waals surface area (Å²) < 4.78 is 32.2. The number of amides is 4. The Morgan fingerprint density at radius 1 is 1.00 bits per heavy atom. The van der Waals surface area contributed by atoms with E-state index in [0.717, 1.165) is 22.6 Å². The lowest BCUT2D eigenvalue weighted by Gasteiger charge is -2.26. The van der Waals surface area contributed by atoms with Crippen LogP contribution in [0.4, 0.5) is 4.79 Å². The molecule has 0 radical (unpaired) electrons. The molecule has 0 bridgehead atoms. The molecule has 4 rings (SSSR count). The summed E-state index contributed by atoms with van der Waals surface area (Å²) in [6, 6.07) is 5.31. The topological polar surface area (TPSA) is 104 Å². The van der Waals surface area contributed by atoms with E-state index in [2.05, 4.69) is 0 Å². The third-order valence-corrected chi connectivity index (χ3v) is 7.52. The van der Waals surface area contributed by atoms with E-state index in [1.807, 2.05) is 0 Å². The first-order chi connectivity index (χ1) is 13.9. The number of ether oxygens (including phenoxy) is 1. The van der Waals surface area contributed by atoms with Crippen molar-refractivity contribution in [2.45, 2.75) is 43.2 Å². The molecule has 0 spiro atoms. The van der Waals surface area contributed by atoms with Gasteiger partial charge in [0.05, 0.1) is 24.7 Å². The molecule has 1 aromatic carbocycles. The summed E-state index contributed by atoms with van der Waals surface area (Å²) in [4.78, 5) is 39.5. The van der Waals surface area contributed by atoms with Crippen molar-refractivity contribution in [3.63, 3.8) is 0 Å². The Kier molecular flexibility index (Phi) is 5.41. The SMILES string of the molecule is O=C1C(=O)N(C2CCCC2)C(=O)N1Cc1cccc(S(=O)(=O)N2CCOCC2)c1. The molecule has 1 aliphatic carbocycles. The Morgan fingerprint density at radius 2 is 1.69 bits per heavy atom. The van der Waals surface area contributed by atoms with Gasteiger partial charge in [-0.25, -0.2) is 13.2 Å². The number of hydrogen-bond acceptors (Lipinski definition) is 6. The summed E-state index contributed by atoms with van der Waals surface area (Å²) >= 11 is 0. The molecular formula is C19H23N3O6S. The van der Waals surface area contributed by atoms with E-state index in [1.165, 1.54) is 16.4 Å². The second-order valence-electron chi connectivity index (χ2n) is 7.45. The van der Waals surface area contributed by atoms with Crippen LogP contribution in [0.25, 0.3) is 0 Å². The van der Waals surface area contributed by atoms with Crippen LogP contribution in [0, 0.1) is 0 Å². The summed E-state index contributed by atoms with van der Waals surface area (Å²) in [6.45, 7) is 1.10. The molecule has 4 amide bonds. The third kappa shape index (κ3) is 3.67. The Balaban J connectivity index is 1.54. The maximum Gasteiger partial charge on any atom is 0.334 e. The molecular weight excluding hydrogens is 398 g/mol. The average molecular weight is 421 g/mol. The van der Waals surface area contributed by atoms with Crippen LogP contribution < -0.4 is 0 Å². The molecule has 10 heteroatoms. The highest BCUT2D eigenvalue weighted by Gasteiger charge is 2.48. The van der Waals surface area contributed by atoms with Crippen LogP contribution in [0.15, 0.2) is 29.2 Å². The van der Waals surface area contributed by atoms with Gasteiger partial charge in [-0.2, -0.15) is 4.31 Å². The number of carbonyl (C=O) groups excluding carboxylic acids is 3. The number of hydrogen-bond donors (Lipinski definition) is 0. The van der Waals surface area contributed by atoms with Crippen LogP contribution >= 0.6 is 0 Å². The van der Waals surface area contributed by atoms with Gasteiger partial charge in [0.15, 0.2) is 0 Å². The van der Waals surface area contributed by atoms with Crippen LogP contribution in [0.2, 0.25) is 0 Å². The quantitative estimate of drug-likeness (QED) is 0.518. The van der Waals surface area contributed by atoms with E-state index < -0.39 is 27.9 Å². The fourth-order valence-electron chi connectivity index (χ4n) is 4.07. The van der Waals surface area contributed by atoms with Crippen molar-refractivity contribution in [1.29, 1.82) is 0 Å². The van der Waals surface area contributed by atoms with Gasteiger partial charge in [0.1, 0.15) is 0 Å². The van der Waals surface area contributed by atoms with Crippen molar-refractivity contribution in [2.75, 3.05) is 26.3 Å². The predicted molar refractivity (Wildman–Crippen MR) is 101 cm³/mol. The first-order valence-corrected chi connectivity index (χ1v) is 11.2. The fraction of sp³-hybridized carbons (Fsp3) is 0.526. The zero-order valence-electron chi connectivity index (χ0n) is 16.0. The van der Waals surface area contributed by atoms with Crippen LogP contribution in [-0.2, 0) is 30.9 Å². The highest BCUT2D eigenvalue weighted by molar-refractivity contribution is 7.89. The Labute approximate surface area is 169 Å². The number of urea groups is 1. The number of imide groups is 2. The van der Waals surface area contributed by atoms with E-state index in [4.69, 9.17) is 4.74 Å². The lowest BCUT2D eigenvalue weighted by molar-refractivity contribution is -0.144. The van der Waals surface area contributed by atoms with E-state index in [-0.39, 0.29) is 30.6 Å². The van der Waals surface area contributed by atoms with Crippen molar-refractivity contribution >= 4 is 27.9 Å². The zero-order valence-corrected chi connectivity index (χ0v) is 16.8. The first kappa shape index (κ1) is 20.0. The predicted octanol–water partition coefficient (Wildman–Crippen LogP) is 0.941. The lowest BCUT2D eigenvalue weighted by Crippen LogP contribution is -2.40. The van der Waals surface area contributed by atoms with Crippen molar-refractivity contribution in [3.05, 3.63) is 29.8 Å². The van der Waals surface area contributed by atoms with Crippen molar-refractivity contribution in [3.8, 4) is 0 Å². The molecule has 1 saturated carbocycles. The maximum absolute atomic E-state index is 12.8. The van der Waals surface area contributed by atoms with Crippen molar-refractivity contribution in [2.24, 2.45) is 0 Å². The summed E-state index contributed by atoms with van der Waals surface area (Å²) in [5.74, 6) is -1.65. The number of morpholine rings is 1. The van der Waals surface area contributed by atoms with Crippen LogP contribution in [0.3, 0.4) is 0 Å². The fourth-order valence-corrected chi connectivity index (χ4v) is 5.55. The Hall–Kier alpha value is -2.30. The normalized spacial score (nSPS) is 22.1.